The zero-order valence-corrected chi connectivity index (χ0v) is 22.3. The van der Waals surface area contributed by atoms with Crippen LogP contribution in [0.15, 0.2) is 84.9 Å². The molecule has 4 aromatic carbocycles. The molecule has 0 nitrogen and oxygen atoms in total. The van der Waals surface area contributed by atoms with E-state index in [9.17, 15) is 0 Å². The Balaban J connectivity index is 1.28. The van der Waals surface area contributed by atoms with E-state index < -0.39 is 0 Å². The van der Waals surface area contributed by atoms with Crippen LogP contribution >= 0.6 is 22.7 Å². The highest BCUT2D eigenvalue weighted by atomic mass is 32.1. The summed E-state index contributed by atoms with van der Waals surface area (Å²) >= 11 is 3.83. The molecule has 0 amide bonds. The van der Waals surface area contributed by atoms with E-state index in [2.05, 4.69) is 123 Å². The lowest BCUT2D eigenvalue weighted by Gasteiger charge is -1.99. The molecule has 0 bridgehead atoms. The van der Waals surface area contributed by atoms with Gasteiger partial charge in [-0.15, -0.1) is 22.7 Å². The summed E-state index contributed by atoms with van der Waals surface area (Å²) in [7, 11) is 0. The van der Waals surface area contributed by atoms with E-state index in [1.54, 1.807) is 0 Å². The number of rotatable bonds is 6. The topological polar surface area (TPSA) is 0 Å². The molecule has 2 aromatic heterocycles. The molecule has 6 rings (SSSR count). The molecule has 6 aromatic rings. The highest BCUT2D eigenvalue weighted by Crippen LogP contribution is 2.44. The van der Waals surface area contributed by atoms with Crippen molar-refractivity contribution in [2.45, 2.75) is 26.7 Å². The van der Waals surface area contributed by atoms with Crippen molar-refractivity contribution in [3.05, 3.63) is 118 Å². The van der Waals surface area contributed by atoms with E-state index in [0.29, 0.717) is 0 Å². The number of hydrogen-bond donors (Lipinski definition) is 0. The molecule has 0 N–H and O–H groups in total. The molecule has 2 heteroatoms. The van der Waals surface area contributed by atoms with Gasteiger partial charge in [0.25, 0.3) is 0 Å². The van der Waals surface area contributed by atoms with Crippen molar-refractivity contribution in [2.75, 3.05) is 0 Å². The van der Waals surface area contributed by atoms with Crippen LogP contribution in [-0.2, 0) is 12.8 Å². The number of aryl methyl sites for hydroxylation is 2. The minimum Gasteiger partial charge on any atom is -0.134 e. The average molecular weight is 501 g/mol. The Morgan fingerprint density at radius 1 is 0.472 bits per heavy atom. The van der Waals surface area contributed by atoms with E-state index in [-0.39, 0.29) is 0 Å². The highest BCUT2D eigenvalue weighted by molar-refractivity contribution is 7.36. The van der Waals surface area contributed by atoms with Crippen LogP contribution in [0.4, 0.5) is 0 Å². The van der Waals surface area contributed by atoms with Gasteiger partial charge in [-0.2, -0.15) is 0 Å². The number of benzene rings is 4. The minimum atomic E-state index is 1.08. The SMILES string of the molecule is CCc1ccc(C=Cc2ccc3c(c2)sc2c4ccc(C=Cc5ccc(CC)cc5)cc4sc32)cc1. The lowest BCUT2D eigenvalue weighted by molar-refractivity contribution is 1.14. The standard InChI is InChI=1S/C34H28S2/c1-3-23-5-9-25(10-6-23)13-15-27-17-19-29-31(21-27)35-34-30-20-18-28(22-32(30)36-33(29)34)16-14-26-11-7-24(4-2)8-12-26/h5-22H,3-4H2,1-2H3. The Morgan fingerprint density at radius 2 is 0.833 bits per heavy atom. The van der Waals surface area contributed by atoms with Crippen LogP contribution in [0.1, 0.15) is 47.2 Å². The molecular weight excluding hydrogens is 473 g/mol. The monoisotopic (exact) mass is 500 g/mol. The van der Waals surface area contributed by atoms with Crippen molar-refractivity contribution in [3.8, 4) is 0 Å². The third-order valence-corrected chi connectivity index (χ3v) is 9.34. The van der Waals surface area contributed by atoms with Crippen LogP contribution in [0.2, 0.25) is 0 Å². The van der Waals surface area contributed by atoms with Crippen LogP contribution in [0.25, 0.3) is 53.9 Å². The maximum atomic E-state index is 2.33. The Morgan fingerprint density at radius 3 is 1.22 bits per heavy atom. The van der Waals surface area contributed by atoms with Crippen molar-refractivity contribution >= 4 is 76.5 Å². The molecule has 0 aliphatic heterocycles. The summed E-state index contributed by atoms with van der Waals surface area (Å²) in [5, 5.41) is 2.74. The third-order valence-electron chi connectivity index (χ3n) is 6.84. The van der Waals surface area contributed by atoms with Crippen molar-refractivity contribution in [3.63, 3.8) is 0 Å². The second-order valence-electron chi connectivity index (χ2n) is 9.23. The quantitative estimate of drug-likeness (QED) is 0.199. The van der Waals surface area contributed by atoms with Crippen molar-refractivity contribution in [1.29, 1.82) is 0 Å². The van der Waals surface area contributed by atoms with Gasteiger partial charge in [0.1, 0.15) is 0 Å². The molecule has 0 atom stereocenters. The van der Waals surface area contributed by atoms with Gasteiger partial charge in [-0.1, -0.05) is 111 Å². The zero-order chi connectivity index (χ0) is 24.5. The molecule has 0 saturated heterocycles. The summed E-state index contributed by atoms with van der Waals surface area (Å²) in [5.74, 6) is 0. The molecular formula is C34H28S2. The summed E-state index contributed by atoms with van der Waals surface area (Å²) in [4.78, 5) is 0. The Bertz CT molecular complexity index is 1590. The first-order valence-electron chi connectivity index (χ1n) is 12.6. The molecule has 0 fully saturated rings. The van der Waals surface area contributed by atoms with Crippen molar-refractivity contribution < 1.29 is 0 Å². The Kier molecular flexibility index (Phi) is 6.31. The van der Waals surface area contributed by atoms with Crippen LogP contribution in [-0.4, -0.2) is 0 Å². The van der Waals surface area contributed by atoms with E-state index in [0.717, 1.165) is 12.8 Å². The first kappa shape index (κ1) is 23.0. The van der Waals surface area contributed by atoms with E-state index in [1.807, 2.05) is 22.7 Å². The van der Waals surface area contributed by atoms with Crippen molar-refractivity contribution in [1.82, 2.24) is 0 Å². The second kappa shape index (κ2) is 9.89. The van der Waals surface area contributed by atoms with Gasteiger partial charge in [-0.25, -0.2) is 0 Å². The fourth-order valence-electron chi connectivity index (χ4n) is 4.61. The summed E-state index contributed by atoms with van der Waals surface area (Å²) < 4.78 is 5.54. The molecule has 0 aliphatic rings. The fraction of sp³-hybridized carbons (Fsp3) is 0.118. The smallest absolute Gasteiger partial charge is 0.0542 e. The third kappa shape index (κ3) is 4.55. The summed E-state index contributed by atoms with van der Waals surface area (Å²) in [5.41, 5.74) is 7.74. The van der Waals surface area contributed by atoms with E-state index in [1.165, 1.54) is 63.0 Å². The first-order chi connectivity index (χ1) is 17.7. The zero-order valence-electron chi connectivity index (χ0n) is 20.6. The van der Waals surface area contributed by atoms with Crippen LogP contribution in [0, 0.1) is 0 Å². The second-order valence-corrected chi connectivity index (χ2v) is 11.3. The largest absolute Gasteiger partial charge is 0.134 e. The molecule has 0 saturated carbocycles. The summed E-state index contributed by atoms with van der Waals surface area (Å²) in [6, 6.07) is 31.4. The van der Waals surface area contributed by atoms with Gasteiger partial charge in [-0.05, 0) is 58.4 Å². The molecule has 0 unspecified atom stereocenters. The maximum Gasteiger partial charge on any atom is 0.0542 e. The van der Waals surface area contributed by atoms with E-state index >= 15 is 0 Å². The van der Waals surface area contributed by atoms with Gasteiger partial charge in [0, 0.05) is 20.2 Å². The molecule has 176 valence electrons. The van der Waals surface area contributed by atoms with Gasteiger partial charge >= 0.3 is 0 Å². The lowest BCUT2D eigenvalue weighted by Crippen LogP contribution is -1.79. The van der Waals surface area contributed by atoms with Crippen molar-refractivity contribution in [2.24, 2.45) is 0 Å². The van der Waals surface area contributed by atoms with E-state index in [4.69, 9.17) is 0 Å². The molecule has 2 heterocycles. The van der Waals surface area contributed by atoms with Gasteiger partial charge in [0.15, 0.2) is 0 Å². The normalized spacial score (nSPS) is 12.2. The predicted octanol–water partition coefficient (Wildman–Crippen LogP) is 10.7. The summed E-state index contributed by atoms with van der Waals surface area (Å²) in [6.45, 7) is 4.39. The Hall–Kier alpha value is -3.46. The van der Waals surface area contributed by atoms with Gasteiger partial charge in [-0.3, -0.25) is 0 Å². The lowest BCUT2D eigenvalue weighted by atomic mass is 10.1. The molecule has 0 spiro atoms. The maximum absolute atomic E-state index is 2.33. The van der Waals surface area contributed by atoms with Crippen LogP contribution in [0.3, 0.4) is 0 Å². The number of thiophene rings is 2. The highest BCUT2D eigenvalue weighted by Gasteiger charge is 2.12. The van der Waals surface area contributed by atoms with Crippen LogP contribution in [0.5, 0.6) is 0 Å². The van der Waals surface area contributed by atoms with Gasteiger partial charge < -0.3 is 0 Å². The van der Waals surface area contributed by atoms with Crippen LogP contribution < -0.4 is 0 Å². The molecule has 36 heavy (non-hydrogen) atoms. The van der Waals surface area contributed by atoms with Gasteiger partial charge in [0.05, 0.1) is 9.40 Å². The predicted molar refractivity (Wildman–Crippen MR) is 164 cm³/mol. The average Bonchev–Trinajstić information content (AvgIpc) is 3.46. The molecule has 0 radical (unpaired) electrons. The number of fused-ring (bicyclic) bond motifs is 5. The summed E-state index contributed by atoms with van der Waals surface area (Å²) in [6.07, 6.45) is 11.0. The fourth-order valence-corrected chi connectivity index (χ4v) is 7.36. The Labute approximate surface area is 220 Å². The number of hydrogen-bond acceptors (Lipinski definition) is 2. The minimum absolute atomic E-state index is 1.08. The van der Waals surface area contributed by atoms with Gasteiger partial charge in [0.2, 0.25) is 0 Å². The first-order valence-corrected chi connectivity index (χ1v) is 14.3. The molecule has 0 aliphatic carbocycles.